The first-order valence-corrected chi connectivity index (χ1v) is 6.06. The van der Waals surface area contributed by atoms with Gasteiger partial charge < -0.3 is 15.4 Å². The zero-order chi connectivity index (χ0) is 13.3. The van der Waals surface area contributed by atoms with Crippen LogP contribution in [0.2, 0.25) is 0 Å². The van der Waals surface area contributed by atoms with Crippen molar-refractivity contribution in [3.8, 4) is 5.75 Å². The molecule has 1 aromatic rings. The predicted molar refractivity (Wildman–Crippen MR) is 72.0 cm³/mol. The molecular formula is C13H19N3O2. The maximum Gasteiger partial charge on any atom is 0.324 e. The third kappa shape index (κ3) is 2.08. The summed E-state index contributed by atoms with van der Waals surface area (Å²) in [6.07, 6.45) is 0. The number of hydrogen-bond acceptors (Lipinski definition) is 3. The average Bonchev–Trinajstić information content (AvgIpc) is 2.71. The van der Waals surface area contributed by atoms with Gasteiger partial charge in [0.05, 0.1) is 12.8 Å². The topological polar surface area (TPSA) is 58.8 Å². The predicted octanol–water partition coefficient (Wildman–Crippen LogP) is 1.93. The lowest BCUT2D eigenvalue weighted by Crippen LogP contribution is -2.36. The molecule has 1 aliphatic heterocycles. The Morgan fingerprint density at radius 1 is 1.33 bits per heavy atom. The van der Waals surface area contributed by atoms with Crippen LogP contribution in [0.5, 0.6) is 5.75 Å². The van der Waals surface area contributed by atoms with Gasteiger partial charge in [0.15, 0.2) is 0 Å². The van der Waals surface area contributed by atoms with E-state index < -0.39 is 0 Å². The molecule has 2 N–H and O–H groups in total. The van der Waals surface area contributed by atoms with Crippen molar-refractivity contribution in [1.29, 1.82) is 0 Å². The van der Waals surface area contributed by atoms with Gasteiger partial charge in [-0.15, -0.1) is 0 Å². The molecule has 98 valence electrons. The second kappa shape index (κ2) is 4.76. The van der Waals surface area contributed by atoms with Crippen molar-refractivity contribution in [1.82, 2.24) is 4.90 Å². The largest absolute Gasteiger partial charge is 0.495 e. The molecule has 0 spiro atoms. The second-order valence-corrected chi connectivity index (χ2v) is 4.65. The van der Waals surface area contributed by atoms with Crippen molar-refractivity contribution in [2.24, 2.45) is 0 Å². The lowest BCUT2D eigenvalue weighted by molar-refractivity contribution is 0.209. The minimum Gasteiger partial charge on any atom is -0.495 e. The van der Waals surface area contributed by atoms with E-state index in [9.17, 15) is 4.79 Å². The highest BCUT2D eigenvalue weighted by Crippen LogP contribution is 2.29. The summed E-state index contributed by atoms with van der Waals surface area (Å²) in [6.45, 7) is 5.48. The molecule has 1 aromatic carbocycles. The fourth-order valence-corrected chi connectivity index (χ4v) is 2.16. The van der Waals surface area contributed by atoms with Crippen molar-refractivity contribution in [3.05, 3.63) is 18.2 Å². The van der Waals surface area contributed by atoms with Crippen LogP contribution in [0.25, 0.3) is 0 Å². The van der Waals surface area contributed by atoms with Crippen LogP contribution in [0, 0.1) is 0 Å². The maximum atomic E-state index is 12.2. The number of anilines is 2. The van der Waals surface area contributed by atoms with E-state index in [2.05, 4.69) is 0 Å². The van der Waals surface area contributed by atoms with Crippen LogP contribution in [0.3, 0.4) is 0 Å². The molecular weight excluding hydrogens is 230 g/mol. The Kier molecular flexibility index (Phi) is 3.32. The van der Waals surface area contributed by atoms with Gasteiger partial charge >= 0.3 is 6.03 Å². The molecule has 5 heteroatoms. The molecule has 0 aromatic heterocycles. The number of nitrogens with two attached hydrogens (primary N) is 1. The highest BCUT2D eigenvalue weighted by molar-refractivity contribution is 5.95. The summed E-state index contributed by atoms with van der Waals surface area (Å²) in [5.41, 5.74) is 7.23. The van der Waals surface area contributed by atoms with Crippen LogP contribution in [0.1, 0.15) is 13.8 Å². The fraction of sp³-hybridized carbons (Fsp3) is 0.462. The Bertz CT molecular complexity index is 460. The van der Waals surface area contributed by atoms with Crippen LogP contribution >= 0.6 is 0 Å². The first kappa shape index (κ1) is 12.5. The van der Waals surface area contributed by atoms with Crippen molar-refractivity contribution in [3.63, 3.8) is 0 Å². The van der Waals surface area contributed by atoms with Gasteiger partial charge in [-0.05, 0) is 32.0 Å². The molecule has 1 aliphatic rings. The van der Waals surface area contributed by atoms with E-state index in [-0.39, 0.29) is 12.1 Å². The molecule has 2 amide bonds. The number of nitrogen functional groups attached to an aromatic ring is 1. The monoisotopic (exact) mass is 249 g/mol. The fourth-order valence-electron chi connectivity index (χ4n) is 2.16. The lowest BCUT2D eigenvalue weighted by Gasteiger charge is -2.22. The van der Waals surface area contributed by atoms with Crippen molar-refractivity contribution in [2.45, 2.75) is 19.9 Å². The quantitative estimate of drug-likeness (QED) is 0.833. The third-order valence-electron chi connectivity index (χ3n) is 3.19. The van der Waals surface area contributed by atoms with E-state index in [1.165, 1.54) is 0 Å². The summed E-state index contributed by atoms with van der Waals surface area (Å²) in [5, 5.41) is 0. The molecule has 0 bridgehead atoms. The number of hydrogen-bond donors (Lipinski definition) is 1. The Morgan fingerprint density at radius 2 is 2.06 bits per heavy atom. The molecule has 2 rings (SSSR count). The van der Waals surface area contributed by atoms with Crippen LogP contribution in [-0.4, -0.2) is 37.2 Å². The molecule has 0 unspecified atom stereocenters. The summed E-state index contributed by atoms with van der Waals surface area (Å²) < 4.78 is 5.11. The zero-order valence-corrected chi connectivity index (χ0v) is 11.0. The summed E-state index contributed by atoms with van der Waals surface area (Å²) in [7, 11) is 1.58. The maximum absolute atomic E-state index is 12.2. The first-order chi connectivity index (χ1) is 8.54. The molecule has 5 nitrogen and oxygen atoms in total. The number of carbonyl (C=O) groups is 1. The second-order valence-electron chi connectivity index (χ2n) is 4.65. The SMILES string of the molecule is COc1ccc(N2CCN(C(C)C)C2=O)cc1N. The number of methoxy groups -OCH3 is 1. The first-order valence-electron chi connectivity index (χ1n) is 6.06. The number of nitrogens with zero attached hydrogens (tertiary/aromatic N) is 2. The van der Waals surface area contributed by atoms with Gasteiger partial charge in [-0.1, -0.05) is 0 Å². The Morgan fingerprint density at radius 3 is 2.56 bits per heavy atom. The van der Waals surface area contributed by atoms with Gasteiger partial charge in [0.25, 0.3) is 0 Å². The van der Waals surface area contributed by atoms with Gasteiger partial charge in [-0.2, -0.15) is 0 Å². The van der Waals surface area contributed by atoms with Crippen LogP contribution in [0.4, 0.5) is 16.2 Å². The highest BCUT2D eigenvalue weighted by Gasteiger charge is 2.31. The molecule has 1 fully saturated rings. The minimum absolute atomic E-state index is 0.0366. The van der Waals surface area contributed by atoms with E-state index in [0.717, 1.165) is 12.2 Å². The number of carbonyl (C=O) groups excluding carboxylic acids is 1. The summed E-state index contributed by atoms with van der Waals surface area (Å²) in [4.78, 5) is 15.8. The van der Waals surface area contributed by atoms with Gasteiger partial charge in [0.2, 0.25) is 0 Å². The van der Waals surface area contributed by atoms with Gasteiger partial charge in [0.1, 0.15) is 5.75 Å². The van der Waals surface area contributed by atoms with Crippen molar-refractivity contribution in [2.75, 3.05) is 30.8 Å². The minimum atomic E-state index is 0.0366. The van der Waals surface area contributed by atoms with Crippen LogP contribution in [-0.2, 0) is 0 Å². The molecule has 0 atom stereocenters. The molecule has 0 aliphatic carbocycles. The van der Waals surface area contributed by atoms with Crippen molar-refractivity contribution < 1.29 is 9.53 Å². The Labute approximate surface area is 107 Å². The number of benzene rings is 1. The average molecular weight is 249 g/mol. The number of urea groups is 1. The molecule has 18 heavy (non-hydrogen) atoms. The summed E-state index contributed by atoms with van der Waals surface area (Å²) >= 11 is 0. The van der Waals surface area contributed by atoms with E-state index >= 15 is 0 Å². The highest BCUT2D eigenvalue weighted by atomic mass is 16.5. The van der Waals surface area contributed by atoms with Gasteiger partial charge in [0, 0.05) is 24.8 Å². The lowest BCUT2D eigenvalue weighted by atomic mass is 10.2. The van der Waals surface area contributed by atoms with Crippen LogP contribution in [0.15, 0.2) is 18.2 Å². The van der Waals surface area contributed by atoms with Gasteiger partial charge in [-0.3, -0.25) is 4.90 Å². The molecule has 1 saturated heterocycles. The van der Waals surface area contributed by atoms with E-state index in [1.807, 2.05) is 24.8 Å². The normalized spacial score (nSPS) is 15.7. The van der Waals surface area contributed by atoms with E-state index in [1.54, 1.807) is 24.1 Å². The molecule has 0 saturated carbocycles. The number of ether oxygens (including phenoxy) is 1. The zero-order valence-electron chi connectivity index (χ0n) is 11.0. The Hall–Kier alpha value is -1.91. The smallest absolute Gasteiger partial charge is 0.324 e. The number of amides is 2. The standard InChI is InChI=1S/C13H19N3O2/c1-9(2)15-6-7-16(13(15)17)10-4-5-12(18-3)11(14)8-10/h4-5,8-9H,6-7,14H2,1-3H3. The summed E-state index contributed by atoms with van der Waals surface area (Å²) in [6, 6.07) is 5.68. The molecule has 1 heterocycles. The summed E-state index contributed by atoms with van der Waals surface area (Å²) in [5.74, 6) is 0.631. The van der Waals surface area contributed by atoms with Gasteiger partial charge in [-0.25, -0.2) is 4.79 Å². The third-order valence-corrected chi connectivity index (χ3v) is 3.19. The van der Waals surface area contributed by atoms with E-state index in [0.29, 0.717) is 18.0 Å². The molecule has 0 radical (unpaired) electrons. The Balaban J connectivity index is 2.23. The van der Waals surface area contributed by atoms with E-state index in [4.69, 9.17) is 10.5 Å². The number of rotatable bonds is 3. The van der Waals surface area contributed by atoms with Crippen molar-refractivity contribution >= 4 is 17.4 Å². The van der Waals surface area contributed by atoms with Crippen LogP contribution < -0.4 is 15.4 Å².